The van der Waals surface area contributed by atoms with E-state index in [-0.39, 0.29) is 12.5 Å². The van der Waals surface area contributed by atoms with E-state index in [9.17, 15) is 35.1 Å². The molecule has 262 valence electrons. The summed E-state index contributed by atoms with van der Waals surface area (Å²) >= 11 is 0. The first-order chi connectivity index (χ1) is 21.6. The van der Waals surface area contributed by atoms with Crippen molar-refractivity contribution >= 4 is 11.9 Å². The minimum atomic E-state index is -1.76. The van der Waals surface area contributed by atoms with Gasteiger partial charge in [0.15, 0.2) is 18.7 Å². The van der Waals surface area contributed by atoms with Crippen molar-refractivity contribution in [2.24, 2.45) is 0 Å². The van der Waals surface area contributed by atoms with Gasteiger partial charge in [-0.25, -0.2) is 0 Å². The quantitative estimate of drug-likeness (QED) is 0.280. The topological polar surface area (TPSA) is 191 Å². The monoisotopic (exact) mass is 648 g/mol. The maximum Gasteiger partial charge on any atom is 0.306 e. The van der Waals surface area contributed by atoms with Gasteiger partial charge in [0, 0.05) is 13.3 Å². The third-order valence-corrected chi connectivity index (χ3v) is 8.83. The Kier molecular flexibility index (Phi) is 17.0. The maximum absolute atomic E-state index is 12.7. The maximum atomic E-state index is 12.7. The fourth-order valence-corrected chi connectivity index (χ4v) is 6.12. The number of carbonyl (C=O) groups excluding carboxylic acids is 2. The predicted molar refractivity (Wildman–Crippen MR) is 160 cm³/mol. The van der Waals surface area contributed by atoms with Crippen molar-refractivity contribution < 1.29 is 63.5 Å². The molecule has 2 bridgehead atoms. The largest absolute Gasteiger partial charge is 0.463 e. The molecule has 4 rings (SSSR count). The summed E-state index contributed by atoms with van der Waals surface area (Å²) in [4.78, 5) is 24.3. The normalized spacial score (nSPS) is 39.4. The Hall–Kier alpha value is -1.42. The van der Waals surface area contributed by atoms with Gasteiger partial charge in [-0.15, -0.1) is 0 Å². The van der Waals surface area contributed by atoms with E-state index in [0.717, 1.165) is 38.5 Å². The summed E-state index contributed by atoms with van der Waals surface area (Å²) in [5.74, 6) is -1.22. The molecule has 4 saturated heterocycles. The molecular weight excluding hydrogens is 592 g/mol. The number of aliphatic hydroxyl groups excluding tert-OH is 5. The van der Waals surface area contributed by atoms with Crippen molar-refractivity contribution in [1.82, 2.24) is 0 Å². The van der Waals surface area contributed by atoms with Crippen molar-refractivity contribution in [2.45, 2.75) is 178 Å². The zero-order valence-corrected chi connectivity index (χ0v) is 26.9. The molecule has 4 fully saturated rings. The van der Waals surface area contributed by atoms with Crippen LogP contribution in [0.5, 0.6) is 0 Å². The van der Waals surface area contributed by atoms with Crippen LogP contribution in [0, 0.1) is 0 Å². The fraction of sp³-hybridized carbons (Fsp3) is 0.938. The minimum Gasteiger partial charge on any atom is -0.463 e. The Bertz CT molecular complexity index is 859. The van der Waals surface area contributed by atoms with Gasteiger partial charge in [-0.2, -0.15) is 0 Å². The summed E-state index contributed by atoms with van der Waals surface area (Å²) in [7, 11) is 0. The van der Waals surface area contributed by atoms with Gasteiger partial charge < -0.3 is 54.0 Å². The summed E-state index contributed by atoms with van der Waals surface area (Å²) in [6.07, 6.45) is -0.170. The highest BCUT2D eigenvalue weighted by atomic mass is 16.8. The van der Waals surface area contributed by atoms with Crippen molar-refractivity contribution in [2.75, 3.05) is 13.2 Å². The van der Waals surface area contributed by atoms with Gasteiger partial charge in [0.25, 0.3) is 0 Å². The molecule has 45 heavy (non-hydrogen) atoms. The zero-order chi connectivity index (χ0) is 32.8. The molecule has 4 aliphatic heterocycles. The van der Waals surface area contributed by atoms with Crippen LogP contribution in [0.25, 0.3) is 0 Å². The Morgan fingerprint density at radius 2 is 1.22 bits per heavy atom. The van der Waals surface area contributed by atoms with Crippen molar-refractivity contribution in [3.63, 3.8) is 0 Å². The first-order valence-corrected chi connectivity index (χ1v) is 16.9. The van der Waals surface area contributed by atoms with Crippen LogP contribution in [0.2, 0.25) is 0 Å². The van der Waals surface area contributed by atoms with E-state index in [0.29, 0.717) is 12.8 Å². The predicted octanol–water partition coefficient (Wildman–Crippen LogP) is 2.00. The lowest BCUT2D eigenvalue weighted by atomic mass is 9.97. The van der Waals surface area contributed by atoms with Crippen molar-refractivity contribution in [3.8, 4) is 0 Å². The second kappa shape index (κ2) is 20.1. The molecule has 0 aromatic carbocycles. The molecule has 4 aliphatic rings. The summed E-state index contributed by atoms with van der Waals surface area (Å²) < 4.78 is 34.3. The molecule has 0 amide bonds. The van der Waals surface area contributed by atoms with E-state index in [1.807, 2.05) is 6.92 Å². The summed E-state index contributed by atoms with van der Waals surface area (Å²) in [5, 5.41) is 53.3. The van der Waals surface area contributed by atoms with Crippen LogP contribution in [0.15, 0.2) is 0 Å². The van der Waals surface area contributed by atoms with E-state index in [1.165, 1.54) is 45.4 Å². The summed E-state index contributed by atoms with van der Waals surface area (Å²) in [6.45, 7) is 2.04. The second-order valence-corrected chi connectivity index (χ2v) is 12.7. The highest BCUT2D eigenvalue weighted by Crippen LogP contribution is 2.32. The average molecular weight is 649 g/mol. The van der Waals surface area contributed by atoms with Crippen LogP contribution in [-0.2, 0) is 38.0 Å². The molecule has 13 nitrogen and oxygen atoms in total. The lowest BCUT2D eigenvalue weighted by Crippen LogP contribution is -2.65. The molecular formula is C32H56O13. The molecule has 0 spiro atoms. The fourth-order valence-electron chi connectivity index (χ4n) is 6.12. The molecule has 0 aromatic rings. The van der Waals surface area contributed by atoms with E-state index in [1.54, 1.807) is 0 Å². The molecule has 5 N–H and O–H groups in total. The average Bonchev–Trinajstić information content (AvgIpc) is 3.00. The molecule has 11 atom stereocenters. The van der Waals surface area contributed by atoms with E-state index < -0.39 is 86.6 Å². The molecule has 0 aliphatic carbocycles. The Morgan fingerprint density at radius 3 is 1.80 bits per heavy atom. The van der Waals surface area contributed by atoms with Crippen molar-refractivity contribution in [3.05, 3.63) is 0 Å². The highest BCUT2D eigenvalue weighted by molar-refractivity contribution is 5.69. The summed E-state index contributed by atoms with van der Waals surface area (Å²) in [5.41, 5.74) is 0. The van der Waals surface area contributed by atoms with Crippen LogP contribution in [0.4, 0.5) is 0 Å². The molecule has 4 heterocycles. The molecule has 0 radical (unpaired) electrons. The third kappa shape index (κ3) is 12.3. The number of hydrogen-bond acceptors (Lipinski definition) is 13. The Balaban J connectivity index is 1.76. The van der Waals surface area contributed by atoms with Gasteiger partial charge in [-0.05, 0) is 19.8 Å². The van der Waals surface area contributed by atoms with E-state index in [2.05, 4.69) is 0 Å². The van der Waals surface area contributed by atoms with Gasteiger partial charge in [-0.3, -0.25) is 9.59 Å². The number of ether oxygens (including phenoxy) is 6. The standard InChI is InChI=1S/C32H56O13/c1-20-16-14-12-10-8-6-4-3-5-7-9-11-13-15-17-24(35)44-29-23(19-40-21(2)34)43-31(28(39)27(29)38)45-30-26(37)25(36)22(18-33)42-32(30)41-20/h20,22-23,25-33,36-39H,3-19H2,1-2H3. The SMILES string of the molecule is CC(=O)OCC1OC2OC3C(OC(C)CCCCCCCCCCCCCCCC(=O)OC1C(O)C2O)OC(CO)C(O)C3O. The third-order valence-electron chi connectivity index (χ3n) is 8.83. The number of rotatable bonds is 3. The zero-order valence-electron chi connectivity index (χ0n) is 26.9. The number of aliphatic hydroxyl groups is 5. The number of esters is 2. The molecule has 0 aromatic heterocycles. The second-order valence-electron chi connectivity index (χ2n) is 12.7. The van der Waals surface area contributed by atoms with E-state index >= 15 is 0 Å². The van der Waals surface area contributed by atoms with Gasteiger partial charge in [0.2, 0.25) is 0 Å². The minimum absolute atomic E-state index is 0.117. The van der Waals surface area contributed by atoms with Crippen LogP contribution in [0.3, 0.4) is 0 Å². The van der Waals surface area contributed by atoms with Gasteiger partial charge in [-0.1, -0.05) is 77.0 Å². The Labute approximate surface area is 266 Å². The smallest absolute Gasteiger partial charge is 0.306 e. The van der Waals surface area contributed by atoms with Crippen molar-refractivity contribution in [1.29, 1.82) is 0 Å². The van der Waals surface area contributed by atoms with Crippen LogP contribution < -0.4 is 0 Å². The molecule has 13 heteroatoms. The molecule has 11 unspecified atom stereocenters. The number of carbonyl (C=O) groups is 2. The van der Waals surface area contributed by atoms with Crippen LogP contribution >= 0.6 is 0 Å². The van der Waals surface area contributed by atoms with Gasteiger partial charge in [0.05, 0.1) is 12.7 Å². The molecule has 0 saturated carbocycles. The summed E-state index contributed by atoms with van der Waals surface area (Å²) in [6, 6.07) is 0. The lowest BCUT2D eigenvalue weighted by Gasteiger charge is -2.46. The van der Waals surface area contributed by atoms with Gasteiger partial charge >= 0.3 is 11.9 Å². The number of fused-ring (bicyclic) bond motifs is 20. The van der Waals surface area contributed by atoms with E-state index in [4.69, 9.17) is 28.4 Å². The first kappa shape index (κ1) is 38.0. The number of hydrogen-bond donors (Lipinski definition) is 5. The lowest BCUT2D eigenvalue weighted by molar-refractivity contribution is -0.371. The van der Waals surface area contributed by atoms with Crippen LogP contribution in [-0.4, -0.2) is 118 Å². The van der Waals surface area contributed by atoms with Gasteiger partial charge in [0.1, 0.15) is 49.3 Å². The van der Waals surface area contributed by atoms with Crippen LogP contribution in [0.1, 0.15) is 110 Å². The Morgan fingerprint density at radius 1 is 0.689 bits per heavy atom. The highest BCUT2D eigenvalue weighted by Gasteiger charge is 2.52. The first-order valence-electron chi connectivity index (χ1n) is 16.9.